The maximum absolute atomic E-state index is 8.93. The van der Waals surface area contributed by atoms with E-state index in [1.54, 1.807) is 0 Å². The van der Waals surface area contributed by atoms with Gasteiger partial charge in [-0.15, -0.1) is 6.58 Å². The van der Waals surface area contributed by atoms with Crippen LogP contribution in [0.4, 0.5) is 0 Å². The fourth-order valence-corrected chi connectivity index (χ4v) is 3.79. The van der Waals surface area contributed by atoms with Gasteiger partial charge >= 0.3 is 0 Å². The standard InChI is InChI=1S/C18H23N3/c1-2-16-13-21-7-6-17(16)9-18(21)12-20-11-15-5-3-4-14(8-15)10-19/h2-5,8,16-18,20H,1,6-7,9,11-13H2. The van der Waals surface area contributed by atoms with Crippen molar-refractivity contribution in [1.29, 1.82) is 5.26 Å². The number of benzene rings is 1. The monoisotopic (exact) mass is 281 g/mol. The highest BCUT2D eigenvalue weighted by atomic mass is 15.2. The molecule has 3 aliphatic heterocycles. The van der Waals surface area contributed by atoms with E-state index in [0.29, 0.717) is 12.0 Å². The van der Waals surface area contributed by atoms with E-state index < -0.39 is 0 Å². The quantitative estimate of drug-likeness (QED) is 0.843. The van der Waals surface area contributed by atoms with Crippen LogP contribution in [0.5, 0.6) is 0 Å². The number of nitriles is 1. The molecule has 21 heavy (non-hydrogen) atoms. The first-order chi connectivity index (χ1) is 10.3. The molecule has 110 valence electrons. The first-order valence-electron chi connectivity index (χ1n) is 7.86. The van der Waals surface area contributed by atoms with Gasteiger partial charge in [0.1, 0.15) is 0 Å². The molecule has 3 nitrogen and oxygen atoms in total. The van der Waals surface area contributed by atoms with Crippen LogP contribution in [-0.2, 0) is 6.54 Å². The summed E-state index contributed by atoms with van der Waals surface area (Å²) in [5.74, 6) is 1.53. The number of nitrogens with one attached hydrogen (secondary N) is 1. The van der Waals surface area contributed by atoms with Crippen LogP contribution in [0, 0.1) is 23.2 Å². The van der Waals surface area contributed by atoms with E-state index in [0.717, 1.165) is 24.6 Å². The highest BCUT2D eigenvalue weighted by Gasteiger charge is 2.38. The lowest BCUT2D eigenvalue weighted by Gasteiger charge is -2.49. The van der Waals surface area contributed by atoms with Crippen molar-refractivity contribution in [3.8, 4) is 6.07 Å². The fraction of sp³-hybridized carbons (Fsp3) is 0.500. The highest BCUT2D eigenvalue weighted by molar-refractivity contribution is 5.32. The van der Waals surface area contributed by atoms with Gasteiger partial charge in [-0.1, -0.05) is 18.2 Å². The Bertz CT molecular complexity index is 546. The zero-order valence-corrected chi connectivity index (χ0v) is 12.5. The first kappa shape index (κ1) is 14.3. The summed E-state index contributed by atoms with van der Waals surface area (Å²) in [6, 6.07) is 10.7. The molecule has 0 spiro atoms. The molecule has 4 unspecified atom stereocenters. The second kappa shape index (κ2) is 6.43. The van der Waals surface area contributed by atoms with E-state index in [-0.39, 0.29) is 0 Å². The molecular formula is C18H23N3. The van der Waals surface area contributed by atoms with Crippen LogP contribution in [0.15, 0.2) is 36.9 Å². The lowest BCUT2D eigenvalue weighted by Crippen LogP contribution is -2.55. The molecule has 4 rings (SSSR count). The van der Waals surface area contributed by atoms with Gasteiger partial charge in [0.2, 0.25) is 0 Å². The van der Waals surface area contributed by atoms with E-state index in [1.165, 1.54) is 31.5 Å². The molecule has 0 aromatic heterocycles. The Kier molecular flexibility index (Phi) is 4.38. The van der Waals surface area contributed by atoms with Crippen LogP contribution in [0.1, 0.15) is 24.0 Å². The maximum Gasteiger partial charge on any atom is 0.0991 e. The number of hydrogen-bond acceptors (Lipinski definition) is 3. The molecule has 0 radical (unpaired) electrons. The van der Waals surface area contributed by atoms with E-state index in [2.05, 4.69) is 35.0 Å². The molecule has 3 saturated heterocycles. The average Bonchev–Trinajstić information content (AvgIpc) is 2.55. The third-order valence-electron chi connectivity index (χ3n) is 5.00. The number of nitrogens with zero attached hydrogens (tertiary/aromatic N) is 2. The van der Waals surface area contributed by atoms with Crippen molar-refractivity contribution in [1.82, 2.24) is 10.2 Å². The molecule has 2 bridgehead atoms. The molecule has 0 saturated carbocycles. The molecule has 3 heteroatoms. The highest BCUT2D eigenvalue weighted by Crippen LogP contribution is 2.36. The summed E-state index contributed by atoms with van der Waals surface area (Å²) < 4.78 is 0. The second-order valence-electron chi connectivity index (χ2n) is 6.28. The van der Waals surface area contributed by atoms with E-state index in [1.807, 2.05) is 18.2 Å². The van der Waals surface area contributed by atoms with Crippen molar-refractivity contribution >= 4 is 0 Å². The summed E-state index contributed by atoms with van der Waals surface area (Å²) >= 11 is 0. The van der Waals surface area contributed by atoms with Gasteiger partial charge in [0.25, 0.3) is 0 Å². The van der Waals surface area contributed by atoms with Crippen LogP contribution in [0.2, 0.25) is 0 Å². The molecule has 1 aromatic carbocycles. The van der Waals surface area contributed by atoms with Crippen LogP contribution in [0.3, 0.4) is 0 Å². The minimum Gasteiger partial charge on any atom is -0.311 e. The second-order valence-corrected chi connectivity index (χ2v) is 6.28. The Balaban J connectivity index is 1.50. The van der Waals surface area contributed by atoms with Crippen LogP contribution in [-0.4, -0.2) is 30.6 Å². The molecule has 1 N–H and O–H groups in total. The lowest BCUT2D eigenvalue weighted by atomic mass is 9.75. The smallest absolute Gasteiger partial charge is 0.0991 e. The van der Waals surface area contributed by atoms with E-state index in [9.17, 15) is 0 Å². The van der Waals surface area contributed by atoms with Crippen molar-refractivity contribution in [3.63, 3.8) is 0 Å². The van der Waals surface area contributed by atoms with Crippen molar-refractivity contribution in [2.45, 2.75) is 25.4 Å². The minimum absolute atomic E-state index is 0.666. The van der Waals surface area contributed by atoms with E-state index >= 15 is 0 Å². The SMILES string of the molecule is C=CC1CN2CCC1CC2CNCc1cccc(C#N)c1. The van der Waals surface area contributed by atoms with Gasteiger partial charge in [0.05, 0.1) is 11.6 Å². The third-order valence-corrected chi connectivity index (χ3v) is 5.00. The van der Waals surface area contributed by atoms with Crippen molar-refractivity contribution in [2.24, 2.45) is 11.8 Å². The fourth-order valence-electron chi connectivity index (χ4n) is 3.79. The molecule has 3 aliphatic rings. The summed E-state index contributed by atoms with van der Waals surface area (Å²) in [4.78, 5) is 2.62. The number of hydrogen-bond donors (Lipinski definition) is 1. The van der Waals surface area contributed by atoms with Crippen molar-refractivity contribution < 1.29 is 0 Å². The summed E-state index contributed by atoms with van der Waals surface area (Å²) in [5, 5.41) is 12.5. The van der Waals surface area contributed by atoms with Gasteiger partial charge in [0.15, 0.2) is 0 Å². The normalized spacial score (nSPS) is 30.8. The Morgan fingerprint density at radius 1 is 1.48 bits per heavy atom. The Morgan fingerprint density at radius 3 is 3.10 bits per heavy atom. The topological polar surface area (TPSA) is 39.1 Å². The average molecular weight is 281 g/mol. The summed E-state index contributed by atoms with van der Waals surface area (Å²) in [6.07, 6.45) is 4.77. The summed E-state index contributed by atoms with van der Waals surface area (Å²) in [5.41, 5.74) is 1.93. The molecule has 3 fully saturated rings. The van der Waals surface area contributed by atoms with E-state index in [4.69, 9.17) is 5.26 Å². The Hall–Kier alpha value is -1.63. The lowest BCUT2D eigenvalue weighted by molar-refractivity contribution is 0.0195. The molecular weight excluding hydrogens is 258 g/mol. The number of piperidine rings is 3. The number of rotatable bonds is 5. The van der Waals surface area contributed by atoms with Crippen LogP contribution >= 0.6 is 0 Å². The van der Waals surface area contributed by atoms with Crippen molar-refractivity contribution in [3.05, 3.63) is 48.0 Å². The largest absolute Gasteiger partial charge is 0.311 e. The van der Waals surface area contributed by atoms with Crippen molar-refractivity contribution in [2.75, 3.05) is 19.6 Å². The zero-order valence-electron chi connectivity index (χ0n) is 12.5. The molecule has 4 atom stereocenters. The number of fused-ring (bicyclic) bond motifs is 3. The van der Waals surface area contributed by atoms with Gasteiger partial charge < -0.3 is 5.32 Å². The predicted molar refractivity (Wildman–Crippen MR) is 84.6 cm³/mol. The molecule has 1 aromatic rings. The van der Waals surface area contributed by atoms with Gasteiger partial charge in [-0.3, -0.25) is 4.90 Å². The first-order valence-corrected chi connectivity index (χ1v) is 7.86. The van der Waals surface area contributed by atoms with Crippen LogP contribution in [0.25, 0.3) is 0 Å². The minimum atomic E-state index is 0.666. The van der Waals surface area contributed by atoms with Gasteiger partial charge in [-0.2, -0.15) is 5.26 Å². The Labute approximate surface area is 127 Å². The Morgan fingerprint density at radius 2 is 2.38 bits per heavy atom. The molecule has 0 amide bonds. The van der Waals surface area contributed by atoms with Gasteiger partial charge in [-0.25, -0.2) is 0 Å². The maximum atomic E-state index is 8.93. The summed E-state index contributed by atoms with van der Waals surface area (Å²) in [7, 11) is 0. The van der Waals surface area contributed by atoms with Gasteiger partial charge in [0, 0.05) is 25.7 Å². The summed E-state index contributed by atoms with van der Waals surface area (Å²) in [6.45, 7) is 8.29. The van der Waals surface area contributed by atoms with Gasteiger partial charge in [-0.05, 0) is 48.9 Å². The molecule has 3 heterocycles. The predicted octanol–water partition coefficient (Wildman–Crippen LogP) is 2.54. The molecule has 0 aliphatic carbocycles. The zero-order chi connectivity index (χ0) is 14.7. The van der Waals surface area contributed by atoms with Crippen LogP contribution < -0.4 is 5.32 Å². The third kappa shape index (κ3) is 3.18.